The number of halogens is 3. The van der Waals surface area contributed by atoms with E-state index >= 15 is 0 Å². The maximum atomic E-state index is 13.6. The molecule has 0 bridgehead atoms. The zero-order valence-electron chi connectivity index (χ0n) is 25.1. The molecule has 234 valence electrons. The molecule has 0 radical (unpaired) electrons. The summed E-state index contributed by atoms with van der Waals surface area (Å²) in [5.41, 5.74) is 2.84. The Morgan fingerprint density at radius 2 is 1.49 bits per heavy atom. The molecule has 1 amide bonds. The Balaban J connectivity index is 1.27. The smallest absolute Gasteiger partial charge is 0.393 e. The minimum Gasteiger partial charge on any atom is -0.393 e. The van der Waals surface area contributed by atoms with Gasteiger partial charge in [-0.15, -0.1) is 0 Å². The molecule has 1 aliphatic heterocycles. The first-order valence-electron chi connectivity index (χ1n) is 15.6. The molecule has 4 nitrogen and oxygen atoms in total. The zero-order chi connectivity index (χ0) is 31.8. The summed E-state index contributed by atoms with van der Waals surface area (Å²) in [7, 11) is 0. The lowest BCUT2D eigenvalue weighted by molar-refractivity contribution is -0.137. The van der Waals surface area contributed by atoms with Gasteiger partial charge in [-0.05, 0) is 79.3 Å². The number of ketones is 1. The quantitative estimate of drug-likeness (QED) is 0.163. The topological polar surface area (TPSA) is 57.6 Å². The van der Waals surface area contributed by atoms with Gasteiger partial charge in [0.1, 0.15) is 0 Å². The molecule has 45 heavy (non-hydrogen) atoms. The van der Waals surface area contributed by atoms with E-state index in [1.807, 2.05) is 65.6 Å². The number of hydrogen-bond donors (Lipinski definition) is 1. The van der Waals surface area contributed by atoms with Gasteiger partial charge in [0.25, 0.3) is 5.91 Å². The van der Waals surface area contributed by atoms with Gasteiger partial charge in [0.2, 0.25) is 0 Å². The van der Waals surface area contributed by atoms with Crippen molar-refractivity contribution < 1.29 is 27.9 Å². The number of aryl methyl sites for hydroxylation is 1. The van der Waals surface area contributed by atoms with E-state index in [9.17, 15) is 27.9 Å². The predicted octanol–water partition coefficient (Wildman–Crippen LogP) is 8.50. The molecule has 1 heterocycles. The highest BCUT2D eigenvalue weighted by Crippen LogP contribution is 2.33. The summed E-state index contributed by atoms with van der Waals surface area (Å²) in [5, 5.41) is 11.3. The van der Waals surface area contributed by atoms with Crippen LogP contribution in [0.4, 0.5) is 13.2 Å². The minimum atomic E-state index is -4.41. The van der Waals surface area contributed by atoms with Gasteiger partial charge in [-0.25, -0.2) is 0 Å². The average molecular weight is 614 g/mol. The normalized spacial score (nSPS) is 16.4. The maximum Gasteiger partial charge on any atom is 0.416 e. The third-order valence-corrected chi connectivity index (χ3v) is 8.68. The highest BCUT2D eigenvalue weighted by atomic mass is 19.4. The first-order valence-corrected chi connectivity index (χ1v) is 15.6. The summed E-state index contributed by atoms with van der Waals surface area (Å²) in [6.45, 7) is 0.655. The van der Waals surface area contributed by atoms with Gasteiger partial charge in [0, 0.05) is 24.1 Å². The standard InChI is InChI=1S/C38H38F3NO3/c39-38(40,41)33-19-7-13-28(24-33)14-8-21-35(43)32(23-27-11-3-1-4-12-27)26-36(44)30-17-9-18-31(25-30)37(45)42-22-10-20-34(42)29-15-5-2-6-16-29/h1-7,9,11-13,15-19,24-25,32,34-35,43H,8,10,14,20-23,26H2/t32-,34-,35-/m1/s1. The van der Waals surface area contributed by atoms with Crippen LogP contribution in [0.1, 0.15) is 81.1 Å². The van der Waals surface area contributed by atoms with E-state index in [-0.39, 0.29) is 24.2 Å². The molecule has 5 rings (SSSR count). The number of nitrogens with zero attached hydrogens (tertiary/aromatic N) is 1. The van der Waals surface area contributed by atoms with E-state index in [0.717, 1.165) is 36.1 Å². The van der Waals surface area contributed by atoms with Gasteiger partial charge in [-0.3, -0.25) is 9.59 Å². The van der Waals surface area contributed by atoms with E-state index in [1.165, 1.54) is 6.07 Å². The van der Waals surface area contributed by atoms with Gasteiger partial charge in [0.05, 0.1) is 17.7 Å². The number of aliphatic hydroxyl groups excluding tert-OH is 1. The third kappa shape index (κ3) is 8.49. The van der Waals surface area contributed by atoms with Gasteiger partial charge >= 0.3 is 6.18 Å². The van der Waals surface area contributed by atoms with Crippen LogP contribution in [0.2, 0.25) is 0 Å². The van der Waals surface area contributed by atoms with Crippen LogP contribution in [-0.2, 0) is 19.0 Å². The molecule has 4 aromatic carbocycles. The van der Waals surface area contributed by atoms with Gasteiger partial charge in [-0.2, -0.15) is 13.2 Å². The van der Waals surface area contributed by atoms with Crippen molar-refractivity contribution in [3.8, 4) is 0 Å². The number of rotatable bonds is 12. The van der Waals surface area contributed by atoms with Crippen LogP contribution in [0.3, 0.4) is 0 Å². The SMILES string of the molecule is O=C(C[C@@H](Cc1ccccc1)[C@H](O)CCCc1cccc(C(F)(F)F)c1)c1cccc(C(=O)N2CCC[C@@H]2c2ccccc2)c1. The fourth-order valence-electron chi connectivity index (χ4n) is 6.29. The maximum absolute atomic E-state index is 13.6. The molecule has 0 spiro atoms. The second-order valence-electron chi connectivity index (χ2n) is 11.9. The molecule has 1 N–H and O–H groups in total. The summed E-state index contributed by atoms with van der Waals surface area (Å²) < 4.78 is 39.4. The van der Waals surface area contributed by atoms with E-state index in [4.69, 9.17) is 0 Å². The van der Waals surface area contributed by atoms with Crippen molar-refractivity contribution in [3.63, 3.8) is 0 Å². The molecule has 1 aliphatic rings. The number of likely N-dealkylation sites (tertiary alicyclic amines) is 1. The number of Topliss-reactive ketones (excluding diaryl/α,β-unsaturated/α-hetero) is 1. The molecule has 1 fully saturated rings. The van der Waals surface area contributed by atoms with Crippen LogP contribution in [-0.4, -0.2) is 34.3 Å². The Bertz CT molecular complexity index is 1570. The fraction of sp³-hybridized carbons (Fsp3) is 0.316. The molecule has 3 atom stereocenters. The van der Waals surface area contributed by atoms with E-state index in [2.05, 4.69) is 0 Å². The van der Waals surface area contributed by atoms with Crippen LogP contribution in [0.5, 0.6) is 0 Å². The van der Waals surface area contributed by atoms with E-state index < -0.39 is 23.8 Å². The highest BCUT2D eigenvalue weighted by molar-refractivity contribution is 6.01. The van der Waals surface area contributed by atoms with Crippen molar-refractivity contribution in [2.45, 2.75) is 63.3 Å². The number of hydrogen-bond acceptors (Lipinski definition) is 3. The Labute approximate surface area is 262 Å². The fourth-order valence-corrected chi connectivity index (χ4v) is 6.29. The number of amides is 1. The van der Waals surface area contributed by atoms with Crippen molar-refractivity contribution in [1.82, 2.24) is 4.90 Å². The summed E-state index contributed by atoms with van der Waals surface area (Å²) >= 11 is 0. The first kappa shape index (κ1) is 32.2. The molecule has 0 aromatic heterocycles. The molecule has 0 saturated carbocycles. The monoisotopic (exact) mass is 613 g/mol. The first-order chi connectivity index (χ1) is 21.7. The summed E-state index contributed by atoms with van der Waals surface area (Å²) in [6.07, 6.45) is -1.68. The number of aliphatic hydroxyl groups is 1. The predicted molar refractivity (Wildman–Crippen MR) is 169 cm³/mol. The van der Waals surface area contributed by atoms with Crippen molar-refractivity contribution in [3.05, 3.63) is 143 Å². The van der Waals surface area contributed by atoms with Gasteiger partial charge in [-0.1, -0.05) is 91.0 Å². The van der Waals surface area contributed by atoms with Crippen LogP contribution in [0.25, 0.3) is 0 Å². The van der Waals surface area contributed by atoms with Gasteiger partial charge < -0.3 is 10.0 Å². The van der Waals surface area contributed by atoms with Crippen LogP contribution >= 0.6 is 0 Å². The van der Waals surface area contributed by atoms with E-state index in [0.29, 0.717) is 48.9 Å². The molecule has 0 unspecified atom stereocenters. The van der Waals surface area contributed by atoms with Crippen molar-refractivity contribution in [2.75, 3.05) is 6.54 Å². The van der Waals surface area contributed by atoms with Crippen LogP contribution in [0, 0.1) is 5.92 Å². The average Bonchev–Trinajstić information content (AvgIpc) is 3.55. The second-order valence-corrected chi connectivity index (χ2v) is 11.9. The summed E-state index contributed by atoms with van der Waals surface area (Å²) in [4.78, 5) is 29.1. The van der Waals surface area contributed by atoms with Gasteiger partial charge in [0.15, 0.2) is 5.78 Å². The number of benzene rings is 4. The summed E-state index contributed by atoms with van der Waals surface area (Å²) in [6, 6.07) is 31.7. The Kier molecular flexibility index (Phi) is 10.5. The molecule has 1 saturated heterocycles. The highest BCUT2D eigenvalue weighted by Gasteiger charge is 2.32. The summed E-state index contributed by atoms with van der Waals surface area (Å²) in [5.74, 6) is -0.670. The third-order valence-electron chi connectivity index (χ3n) is 8.68. The molecule has 7 heteroatoms. The van der Waals surface area contributed by atoms with Crippen molar-refractivity contribution in [1.29, 1.82) is 0 Å². The lowest BCUT2D eigenvalue weighted by atomic mass is 9.85. The van der Waals surface area contributed by atoms with E-state index in [1.54, 1.807) is 30.3 Å². The van der Waals surface area contributed by atoms with Crippen molar-refractivity contribution in [2.24, 2.45) is 5.92 Å². The minimum absolute atomic E-state index is 0.000561. The van der Waals surface area contributed by atoms with Crippen LogP contribution in [0.15, 0.2) is 109 Å². The Hall–Kier alpha value is -4.23. The number of carbonyl (C=O) groups excluding carboxylic acids is 2. The second kappa shape index (κ2) is 14.7. The van der Waals surface area contributed by atoms with Crippen molar-refractivity contribution >= 4 is 11.7 Å². The Morgan fingerprint density at radius 1 is 0.822 bits per heavy atom. The lowest BCUT2D eigenvalue weighted by Crippen LogP contribution is -2.30. The molecular weight excluding hydrogens is 575 g/mol. The molecular formula is C38H38F3NO3. The largest absolute Gasteiger partial charge is 0.416 e. The molecule has 0 aliphatic carbocycles. The Morgan fingerprint density at radius 3 is 2.22 bits per heavy atom. The number of alkyl halides is 3. The number of carbonyl (C=O) groups is 2. The molecule has 4 aromatic rings. The zero-order valence-corrected chi connectivity index (χ0v) is 25.1. The van der Waals surface area contributed by atoms with Crippen LogP contribution < -0.4 is 0 Å². The lowest BCUT2D eigenvalue weighted by Gasteiger charge is -2.25.